The Morgan fingerprint density at radius 3 is 2.41 bits per heavy atom. The summed E-state index contributed by atoms with van der Waals surface area (Å²) in [5.41, 5.74) is -2.03. The highest BCUT2D eigenvalue weighted by molar-refractivity contribution is 6.36. The molecule has 0 radical (unpaired) electrons. The summed E-state index contributed by atoms with van der Waals surface area (Å²) in [6.45, 7) is 1.71. The molecular formula is C29H26ClN3O8. The minimum atomic E-state index is -2.01. The lowest BCUT2D eigenvalue weighted by molar-refractivity contribution is -0.130. The molecule has 0 saturated carbocycles. The van der Waals surface area contributed by atoms with Crippen molar-refractivity contribution >= 4 is 29.0 Å². The standard InChI is InChI=1S/C29H26ClN3O8/c1-12-9-15-19(24(35)29(12)25(36)20-16(39-4)11-17(40-5)22(30)23(20)41-29)18(13-7-6-8-14(34)10-13)21-26(31-15)32(2)28(38)33(3)27(21)37/h6-8,10-12,18,31,34H,9H2,1-5H3. The molecule has 0 fully saturated rings. The van der Waals surface area contributed by atoms with Crippen molar-refractivity contribution in [1.29, 1.82) is 0 Å². The molecular weight excluding hydrogens is 554 g/mol. The summed E-state index contributed by atoms with van der Waals surface area (Å²) < 4.78 is 19.3. The van der Waals surface area contributed by atoms with Gasteiger partial charge >= 0.3 is 5.69 Å². The van der Waals surface area contributed by atoms with Gasteiger partial charge in [0.15, 0.2) is 5.75 Å². The number of rotatable bonds is 3. The fourth-order valence-electron chi connectivity index (χ4n) is 6.23. The van der Waals surface area contributed by atoms with Crippen molar-refractivity contribution in [2.75, 3.05) is 19.5 Å². The first-order valence-electron chi connectivity index (χ1n) is 12.8. The fraction of sp³-hybridized carbons (Fsp3) is 0.310. The van der Waals surface area contributed by atoms with Crippen LogP contribution in [0, 0.1) is 5.92 Å². The summed E-state index contributed by atoms with van der Waals surface area (Å²) in [5, 5.41) is 13.5. The van der Waals surface area contributed by atoms with Crippen molar-refractivity contribution in [2.24, 2.45) is 20.0 Å². The van der Waals surface area contributed by atoms with E-state index in [0.717, 1.165) is 4.57 Å². The van der Waals surface area contributed by atoms with Crippen LogP contribution in [0.15, 0.2) is 51.2 Å². The number of aromatic hydroxyl groups is 1. The molecule has 41 heavy (non-hydrogen) atoms. The first kappa shape index (κ1) is 26.7. The zero-order valence-corrected chi connectivity index (χ0v) is 23.6. The number of anilines is 1. The Hall–Kier alpha value is -4.51. The van der Waals surface area contributed by atoms with Gasteiger partial charge in [0, 0.05) is 43.3 Å². The summed E-state index contributed by atoms with van der Waals surface area (Å²) >= 11 is 6.57. The topological polar surface area (TPSA) is 138 Å². The first-order chi connectivity index (χ1) is 19.5. The molecule has 0 bridgehead atoms. The van der Waals surface area contributed by atoms with Gasteiger partial charge in [0.1, 0.15) is 33.7 Å². The van der Waals surface area contributed by atoms with Gasteiger partial charge in [-0.15, -0.1) is 0 Å². The maximum absolute atomic E-state index is 14.8. The number of hydrogen-bond donors (Lipinski definition) is 2. The average Bonchev–Trinajstić information content (AvgIpc) is 3.27. The maximum atomic E-state index is 14.8. The van der Waals surface area contributed by atoms with E-state index in [4.69, 9.17) is 25.8 Å². The molecule has 3 atom stereocenters. The number of halogens is 1. The number of methoxy groups -OCH3 is 2. The predicted molar refractivity (Wildman–Crippen MR) is 149 cm³/mol. The third kappa shape index (κ3) is 3.38. The highest BCUT2D eigenvalue weighted by atomic mass is 35.5. The second kappa shape index (κ2) is 9.00. The zero-order chi connectivity index (χ0) is 29.5. The number of carbonyl (C=O) groups excluding carboxylic acids is 2. The molecule has 0 amide bonds. The number of Topliss-reactive ketones (excluding diaryl/α,β-unsaturated/α-hetero) is 2. The highest BCUT2D eigenvalue weighted by Gasteiger charge is 2.63. The molecule has 212 valence electrons. The molecule has 3 unspecified atom stereocenters. The first-order valence-corrected chi connectivity index (χ1v) is 13.2. The number of ether oxygens (including phenoxy) is 3. The van der Waals surface area contributed by atoms with Crippen LogP contribution < -0.4 is 30.8 Å². The van der Waals surface area contributed by atoms with Crippen LogP contribution in [0.25, 0.3) is 0 Å². The van der Waals surface area contributed by atoms with Gasteiger partial charge in [-0.2, -0.15) is 0 Å². The van der Waals surface area contributed by atoms with Crippen LogP contribution in [0.2, 0.25) is 5.02 Å². The normalized spacial score (nSPS) is 22.6. The molecule has 6 rings (SSSR count). The van der Waals surface area contributed by atoms with Crippen LogP contribution in [-0.4, -0.2) is 45.6 Å². The van der Waals surface area contributed by atoms with Crippen LogP contribution in [0.5, 0.6) is 23.0 Å². The number of aromatic nitrogens is 2. The van der Waals surface area contributed by atoms with Crippen LogP contribution >= 0.6 is 11.6 Å². The van der Waals surface area contributed by atoms with Crippen molar-refractivity contribution in [3.63, 3.8) is 0 Å². The molecule has 2 aliphatic heterocycles. The Kier molecular flexibility index (Phi) is 5.86. The van der Waals surface area contributed by atoms with E-state index < -0.39 is 40.3 Å². The molecule has 3 heterocycles. The van der Waals surface area contributed by atoms with E-state index in [2.05, 4.69) is 5.32 Å². The number of phenolic OH excluding ortho intramolecular Hbond substituents is 1. The van der Waals surface area contributed by atoms with Crippen molar-refractivity contribution in [1.82, 2.24) is 9.13 Å². The van der Waals surface area contributed by atoms with Crippen LogP contribution in [0.3, 0.4) is 0 Å². The molecule has 12 heteroatoms. The quantitative estimate of drug-likeness (QED) is 0.448. The SMILES string of the molecule is COc1cc(OC)c2c(c1Cl)OC1(C(=O)C3=C(CC1C)Nc1c(c(=O)n(C)c(=O)n1C)C3c1cccc(O)c1)C2=O. The number of hydrogen-bond acceptors (Lipinski definition) is 9. The molecule has 1 spiro atoms. The maximum Gasteiger partial charge on any atom is 0.332 e. The monoisotopic (exact) mass is 579 g/mol. The Labute approximate surface area is 238 Å². The molecule has 1 aromatic heterocycles. The van der Waals surface area contributed by atoms with Gasteiger partial charge in [0.05, 0.1) is 19.8 Å². The summed E-state index contributed by atoms with van der Waals surface area (Å²) in [5.74, 6) is -2.51. The second-order valence-electron chi connectivity index (χ2n) is 10.4. The smallest absolute Gasteiger partial charge is 0.332 e. The highest BCUT2D eigenvalue weighted by Crippen LogP contribution is 2.56. The van der Waals surface area contributed by atoms with Gasteiger partial charge in [0.2, 0.25) is 17.2 Å². The Morgan fingerprint density at radius 1 is 1.05 bits per heavy atom. The van der Waals surface area contributed by atoms with Crippen LogP contribution in [0.1, 0.15) is 40.7 Å². The van der Waals surface area contributed by atoms with E-state index in [0.29, 0.717) is 11.3 Å². The summed E-state index contributed by atoms with van der Waals surface area (Å²) in [4.78, 5) is 55.5. The summed E-state index contributed by atoms with van der Waals surface area (Å²) in [6.07, 6.45) is 0.163. The Morgan fingerprint density at radius 2 is 1.76 bits per heavy atom. The van der Waals surface area contributed by atoms with Crippen molar-refractivity contribution in [3.05, 3.63) is 84.2 Å². The summed E-state index contributed by atoms with van der Waals surface area (Å²) in [7, 11) is 5.66. The summed E-state index contributed by atoms with van der Waals surface area (Å²) in [6, 6.07) is 7.64. The lowest BCUT2D eigenvalue weighted by Gasteiger charge is -2.42. The lowest BCUT2D eigenvalue weighted by Crippen LogP contribution is -2.58. The van der Waals surface area contributed by atoms with Gasteiger partial charge in [-0.3, -0.25) is 23.5 Å². The molecule has 2 N–H and O–H groups in total. The number of benzene rings is 2. The van der Waals surface area contributed by atoms with E-state index in [1.165, 1.54) is 51.1 Å². The van der Waals surface area contributed by atoms with Gasteiger partial charge < -0.3 is 24.6 Å². The second-order valence-corrected chi connectivity index (χ2v) is 10.8. The minimum Gasteiger partial charge on any atom is -0.508 e. The van der Waals surface area contributed by atoms with E-state index >= 15 is 0 Å². The number of phenols is 1. The van der Waals surface area contributed by atoms with Crippen molar-refractivity contribution in [3.8, 4) is 23.0 Å². The number of ketones is 2. The van der Waals surface area contributed by atoms with Crippen molar-refractivity contribution in [2.45, 2.75) is 24.9 Å². The van der Waals surface area contributed by atoms with Gasteiger partial charge in [-0.05, 0) is 24.1 Å². The molecule has 11 nitrogen and oxygen atoms in total. The molecule has 3 aliphatic rings. The third-order valence-corrected chi connectivity index (χ3v) is 8.64. The van der Waals surface area contributed by atoms with E-state index in [1.54, 1.807) is 19.1 Å². The Balaban J connectivity index is 1.62. The van der Waals surface area contributed by atoms with Crippen LogP contribution in [-0.2, 0) is 18.9 Å². The minimum absolute atomic E-state index is 0.0199. The number of fused-ring (bicyclic) bond motifs is 2. The molecule has 0 saturated heterocycles. The van der Waals surface area contributed by atoms with Gasteiger partial charge in [-0.25, -0.2) is 4.79 Å². The number of allylic oxidation sites excluding steroid dienone is 1. The average molecular weight is 580 g/mol. The van der Waals surface area contributed by atoms with Crippen LogP contribution in [0.4, 0.5) is 5.82 Å². The molecule has 1 aliphatic carbocycles. The largest absolute Gasteiger partial charge is 0.508 e. The zero-order valence-electron chi connectivity index (χ0n) is 22.8. The lowest BCUT2D eigenvalue weighted by atomic mass is 9.66. The molecule has 2 aromatic carbocycles. The van der Waals surface area contributed by atoms with Gasteiger partial charge in [-0.1, -0.05) is 30.7 Å². The van der Waals surface area contributed by atoms with E-state index in [1.807, 2.05) is 0 Å². The molecule has 3 aromatic rings. The van der Waals surface area contributed by atoms with E-state index in [-0.39, 0.29) is 57.0 Å². The number of carbonyl (C=O) groups is 2. The van der Waals surface area contributed by atoms with Crippen molar-refractivity contribution < 1.29 is 28.9 Å². The predicted octanol–water partition coefficient (Wildman–Crippen LogP) is 2.89. The fourth-order valence-corrected chi connectivity index (χ4v) is 6.49. The third-order valence-electron chi connectivity index (χ3n) is 8.28. The Bertz CT molecular complexity index is 1860. The van der Waals surface area contributed by atoms with E-state index in [9.17, 15) is 24.3 Å². The van der Waals surface area contributed by atoms with Gasteiger partial charge in [0.25, 0.3) is 5.56 Å². The number of nitrogens with zero attached hydrogens (tertiary/aromatic N) is 2. The number of nitrogens with one attached hydrogen (secondary N) is 1.